The van der Waals surface area contributed by atoms with E-state index in [0.717, 1.165) is 61.2 Å². The molecular formula is C129H75N9S7. The number of aromatic nitrogens is 9. The second-order valence-corrected chi connectivity index (χ2v) is 43.5. The SMILES string of the molecule is c1ccc(-c2nc(-c3ccc(-c4cccc5sc6ccccc6c45)cc3)nc(-c3ccc(-c4cccc5sc6ccccc6c45)cc3)n2)cc1.c1ccc(-c2nc(-c3cccc(-c4cccc5sc6ccccc6c45)c3)nc(-c3cccc(-c4cccc5sc6ccccc6c45)c3)n2)cc1.c1ccc2c(c1)sc1c(-c3nc(-c4cccc5sc6ccccc6c45)nc(-c4cccc5sc6ccccc6c45)n3)cccc12. The Hall–Kier alpha value is -17.0. The fourth-order valence-corrected chi connectivity index (χ4v) is 28.6. The van der Waals surface area contributed by atoms with E-state index in [1.807, 2.05) is 117 Å². The quantitative estimate of drug-likeness (QED) is 0.111. The van der Waals surface area contributed by atoms with E-state index in [0.29, 0.717) is 52.4 Å². The summed E-state index contributed by atoms with van der Waals surface area (Å²) in [5.41, 5.74) is 18.3. The van der Waals surface area contributed by atoms with Gasteiger partial charge >= 0.3 is 0 Å². The first-order valence-corrected chi connectivity index (χ1v) is 53.7. The molecule has 0 saturated heterocycles. The minimum Gasteiger partial charge on any atom is -0.208 e. The van der Waals surface area contributed by atoms with Crippen LogP contribution in [0.1, 0.15) is 0 Å². The van der Waals surface area contributed by atoms with Crippen molar-refractivity contribution in [2.45, 2.75) is 0 Å². The van der Waals surface area contributed by atoms with E-state index in [2.05, 4.69) is 406 Å². The van der Waals surface area contributed by atoms with E-state index in [1.54, 1.807) is 11.3 Å². The average molecular weight is 1980 g/mol. The molecule has 30 aromatic rings. The van der Waals surface area contributed by atoms with Crippen molar-refractivity contribution in [2.75, 3.05) is 0 Å². The summed E-state index contributed by atoms with van der Waals surface area (Å²) in [6, 6.07) is 161. The standard InChI is InChI=1S/2C45H27N3S2.C39H21N3S3/c1-2-12-28(13-3-1)43-46-44(31-16-8-14-29(26-31)33-20-10-24-39-41(33)35-18-4-6-22-37(35)49-39)48-45(47-43)32-17-9-15-30(27-32)34-21-11-25-40-42(34)36-19-5-7-23-38(36)50-40;1-2-10-30(11-3-1)43-46-44(31-24-20-28(21-25-31)33-14-8-18-39-41(33)35-12-4-6-16-37(35)49-39)48-45(47-43)32-26-22-29(23-27-32)34-15-9-19-40-42(34)36-13-5-7-17-38(36)50-40;1-4-17-29-22(10-1)23-13-7-16-28(36(23)45-29)39-41-37(26-14-8-20-32-34(26)24-11-2-5-18-30(24)43-32)40-38(42-39)27-15-9-21-33-35(27)25-12-3-6-19-31(25)44-33/h2*1-27H;1-21H. The van der Waals surface area contributed by atoms with Crippen LogP contribution < -0.4 is 0 Å². The third-order valence-corrected chi connectivity index (χ3v) is 35.3. The number of nitrogens with zero attached hydrogens (tertiary/aromatic N) is 9. The Bertz CT molecular complexity index is 9910. The van der Waals surface area contributed by atoms with Crippen LogP contribution in [-0.2, 0) is 0 Å². The molecular weight excluding hydrogens is 1900 g/mol. The molecule has 9 nitrogen and oxygen atoms in total. The molecule has 0 aliphatic carbocycles. The highest BCUT2D eigenvalue weighted by molar-refractivity contribution is 7.28. The molecule has 16 heteroatoms. The second kappa shape index (κ2) is 36.2. The molecule has 678 valence electrons. The van der Waals surface area contributed by atoms with Crippen LogP contribution in [-0.4, -0.2) is 44.9 Å². The molecule has 0 saturated carbocycles. The lowest BCUT2D eigenvalue weighted by Gasteiger charge is -2.11. The zero-order chi connectivity index (χ0) is 95.5. The molecule has 0 bridgehead atoms. The Labute approximate surface area is 859 Å². The molecule has 0 atom stereocenters. The van der Waals surface area contributed by atoms with Crippen molar-refractivity contribution in [3.8, 4) is 147 Å². The Balaban J connectivity index is 0.000000106. The van der Waals surface area contributed by atoms with E-state index >= 15 is 0 Å². The number of rotatable bonds is 13. The van der Waals surface area contributed by atoms with Crippen LogP contribution in [0.5, 0.6) is 0 Å². The van der Waals surface area contributed by atoms with Crippen LogP contribution in [0.15, 0.2) is 455 Å². The summed E-state index contributed by atoms with van der Waals surface area (Å²) < 4.78 is 17.8. The van der Waals surface area contributed by atoms with Gasteiger partial charge in [0.2, 0.25) is 0 Å². The van der Waals surface area contributed by atoms with E-state index < -0.39 is 0 Å². The summed E-state index contributed by atoms with van der Waals surface area (Å²) in [6.45, 7) is 0. The minimum absolute atomic E-state index is 0.648. The van der Waals surface area contributed by atoms with Crippen LogP contribution >= 0.6 is 79.4 Å². The van der Waals surface area contributed by atoms with Crippen LogP contribution in [0.2, 0.25) is 0 Å². The Morgan fingerprint density at radius 1 is 0.110 bits per heavy atom. The van der Waals surface area contributed by atoms with E-state index in [1.165, 1.54) is 175 Å². The van der Waals surface area contributed by atoms with Crippen LogP contribution in [0.25, 0.3) is 288 Å². The maximum absolute atomic E-state index is 5.29. The molecule has 145 heavy (non-hydrogen) atoms. The van der Waals surface area contributed by atoms with Crippen molar-refractivity contribution in [2.24, 2.45) is 0 Å². The largest absolute Gasteiger partial charge is 0.208 e. The molecule has 0 aliphatic heterocycles. The van der Waals surface area contributed by atoms with Gasteiger partial charge in [0.05, 0.1) is 0 Å². The Kier molecular flexibility index (Phi) is 21.4. The Morgan fingerprint density at radius 2 is 0.303 bits per heavy atom. The summed E-state index contributed by atoms with van der Waals surface area (Å²) in [5.74, 6) is 5.99. The normalized spacial score (nSPS) is 11.7. The van der Waals surface area contributed by atoms with Crippen LogP contribution in [0, 0.1) is 0 Å². The molecule has 0 unspecified atom stereocenters. The first kappa shape index (κ1) is 85.9. The van der Waals surface area contributed by atoms with Crippen LogP contribution in [0.3, 0.4) is 0 Å². The highest BCUT2D eigenvalue weighted by Gasteiger charge is 2.26. The molecule has 20 aromatic carbocycles. The van der Waals surface area contributed by atoms with Gasteiger partial charge in [-0.2, -0.15) is 0 Å². The topological polar surface area (TPSA) is 116 Å². The summed E-state index contributed by atoms with van der Waals surface area (Å²) in [6.07, 6.45) is 0. The molecule has 0 radical (unpaired) electrons. The summed E-state index contributed by atoms with van der Waals surface area (Å²) in [5, 5.41) is 17.7. The number of hydrogen-bond acceptors (Lipinski definition) is 16. The zero-order valence-corrected chi connectivity index (χ0v) is 82.9. The fourth-order valence-electron chi connectivity index (χ4n) is 20.6. The van der Waals surface area contributed by atoms with Gasteiger partial charge in [0.1, 0.15) is 0 Å². The van der Waals surface area contributed by atoms with Crippen molar-refractivity contribution in [3.05, 3.63) is 455 Å². The first-order chi connectivity index (χ1) is 71.8. The molecule has 10 aromatic heterocycles. The lowest BCUT2D eigenvalue weighted by Crippen LogP contribution is -2.00. The third kappa shape index (κ3) is 15.5. The number of fused-ring (bicyclic) bond motifs is 21. The molecule has 0 aliphatic rings. The minimum atomic E-state index is 0.648. The lowest BCUT2D eigenvalue weighted by atomic mass is 9.97. The van der Waals surface area contributed by atoms with Gasteiger partial charge in [0.25, 0.3) is 0 Å². The van der Waals surface area contributed by atoms with Crippen molar-refractivity contribution >= 4 is 221 Å². The monoisotopic (exact) mass is 1970 g/mol. The van der Waals surface area contributed by atoms with Gasteiger partial charge in [-0.15, -0.1) is 79.4 Å². The van der Waals surface area contributed by atoms with Gasteiger partial charge in [-0.1, -0.05) is 358 Å². The summed E-state index contributed by atoms with van der Waals surface area (Å²) in [7, 11) is 0. The zero-order valence-electron chi connectivity index (χ0n) is 77.2. The van der Waals surface area contributed by atoms with Crippen molar-refractivity contribution in [1.82, 2.24) is 44.9 Å². The lowest BCUT2D eigenvalue weighted by molar-refractivity contribution is 1.07. The second-order valence-electron chi connectivity index (χ2n) is 35.9. The Morgan fingerprint density at radius 3 is 0.628 bits per heavy atom. The van der Waals surface area contributed by atoms with Gasteiger partial charge in [0.15, 0.2) is 52.4 Å². The van der Waals surface area contributed by atoms with Gasteiger partial charge in [0, 0.05) is 191 Å². The maximum Gasteiger partial charge on any atom is 0.165 e. The van der Waals surface area contributed by atoms with E-state index in [4.69, 9.17) is 44.9 Å². The van der Waals surface area contributed by atoms with E-state index in [9.17, 15) is 0 Å². The van der Waals surface area contributed by atoms with E-state index in [-0.39, 0.29) is 0 Å². The molecule has 0 amide bonds. The molecule has 0 fully saturated rings. The molecule has 30 rings (SSSR count). The maximum atomic E-state index is 5.29. The molecule has 10 heterocycles. The molecule has 0 spiro atoms. The highest BCUT2D eigenvalue weighted by atomic mass is 32.1. The van der Waals surface area contributed by atoms with Gasteiger partial charge < -0.3 is 0 Å². The predicted octanol–water partition coefficient (Wildman–Crippen LogP) is 37.9. The highest BCUT2D eigenvalue weighted by Crippen LogP contribution is 2.50. The van der Waals surface area contributed by atoms with Crippen molar-refractivity contribution in [1.29, 1.82) is 0 Å². The van der Waals surface area contributed by atoms with Gasteiger partial charge in [-0.05, 0) is 142 Å². The predicted molar refractivity (Wildman–Crippen MR) is 620 cm³/mol. The average Bonchev–Trinajstić information content (AvgIpc) is 1.63. The summed E-state index contributed by atoms with van der Waals surface area (Å²) in [4.78, 5) is 46.2. The number of thiophene rings is 7. The first-order valence-electron chi connectivity index (χ1n) is 48.0. The molecule has 0 N–H and O–H groups in total. The fraction of sp³-hybridized carbons (Fsp3) is 0. The summed E-state index contributed by atoms with van der Waals surface area (Å²) >= 11 is 12.8. The number of benzene rings is 20. The third-order valence-electron chi connectivity index (χ3n) is 27.3. The van der Waals surface area contributed by atoms with Crippen molar-refractivity contribution in [3.63, 3.8) is 0 Å². The van der Waals surface area contributed by atoms with Gasteiger partial charge in [-0.3, -0.25) is 0 Å². The van der Waals surface area contributed by atoms with Gasteiger partial charge in [-0.25, -0.2) is 44.9 Å². The van der Waals surface area contributed by atoms with Crippen LogP contribution in [0.4, 0.5) is 0 Å². The van der Waals surface area contributed by atoms with Crippen molar-refractivity contribution < 1.29 is 0 Å². The number of hydrogen-bond donors (Lipinski definition) is 0. The smallest absolute Gasteiger partial charge is 0.165 e.